The van der Waals surface area contributed by atoms with Crippen LogP contribution in [0.15, 0.2) is 47.1 Å². The zero-order chi connectivity index (χ0) is 17.2. The molecule has 1 aliphatic heterocycles. The van der Waals surface area contributed by atoms with Gasteiger partial charge in [-0.1, -0.05) is 23.4 Å². The van der Waals surface area contributed by atoms with E-state index < -0.39 is 0 Å². The molecule has 128 valence electrons. The van der Waals surface area contributed by atoms with E-state index in [0.717, 1.165) is 16.8 Å². The molecule has 1 unspecified atom stereocenters. The molecule has 5 heteroatoms. The molecule has 1 saturated heterocycles. The Bertz CT molecular complexity index is 867. The van der Waals surface area contributed by atoms with Gasteiger partial charge in [-0.3, -0.25) is 9.88 Å². The molecule has 0 aliphatic carbocycles. The molecule has 25 heavy (non-hydrogen) atoms. The van der Waals surface area contributed by atoms with E-state index in [1.165, 1.54) is 31.5 Å². The van der Waals surface area contributed by atoms with Crippen molar-refractivity contribution >= 4 is 0 Å². The number of pyridine rings is 1. The predicted molar refractivity (Wildman–Crippen MR) is 96.9 cm³/mol. The van der Waals surface area contributed by atoms with Crippen LogP contribution in [0.25, 0.3) is 22.7 Å². The quantitative estimate of drug-likeness (QED) is 0.713. The lowest BCUT2D eigenvalue weighted by Gasteiger charge is -2.24. The van der Waals surface area contributed by atoms with Gasteiger partial charge in [0.1, 0.15) is 0 Å². The van der Waals surface area contributed by atoms with Gasteiger partial charge in [-0.25, -0.2) is 0 Å². The van der Waals surface area contributed by atoms with Crippen LogP contribution in [0, 0.1) is 6.92 Å². The van der Waals surface area contributed by atoms with E-state index in [1.54, 1.807) is 6.20 Å². The SMILES string of the molecule is Cc1noc(-c2ccnc(-c3cccc(C(C)N4CCCC4)c3)c2)n1. The van der Waals surface area contributed by atoms with Crippen molar-refractivity contribution in [3.63, 3.8) is 0 Å². The van der Waals surface area contributed by atoms with Gasteiger partial charge in [-0.15, -0.1) is 0 Å². The molecule has 0 amide bonds. The summed E-state index contributed by atoms with van der Waals surface area (Å²) in [6.45, 7) is 6.49. The normalized spacial score (nSPS) is 16.2. The first-order valence-corrected chi connectivity index (χ1v) is 8.82. The van der Waals surface area contributed by atoms with E-state index in [0.29, 0.717) is 17.8 Å². The van der Waals surface area contributed by atoms with Gasteiger partial charge in [0.25, 0.3) is 5.89 Å². The van der Waals surface area contributed by atoms with Gasteiger partial charge in [-0.2, -0.15) is 4.98 Å². The molecule has 0 spiro atoms. The van der Waals surface area contributed by atoms with Crippen LogP contribution in [0.5, 0.6) is 0 Å². The highest BCUT2D eigenvalue weighted by molar-refractivity contribution is 5.66. The predicted octanol–water partition coefficient (Wildman–Crippen LogP) is 4.26. The van der Waals surface area contributed by atoms with Gasteiger partial charge >= 0.3 is 0 Å². The van der Waals surface area contributed by atoms with Crippen LogP contribution in [0.4, 0.5) is 0 Å². The lowest BCUT2D eigenvalue weighted by atomic mass is 10.0. The minimum absolute atomic E-state index is 0.434. The maximum Gasteiger partial charge on any atom is 0.258 e. The average Bonchev–Trinajstić information content (AvgIpc) is 3.33. The fourth-order valence-corrected chi connectivity index (χ4v) is 3.43. The van der Waals surface area contributed by atoms with E-state index in [-0.39, 0.29) is 0 Å². The topological polar surface area (TPSA) is 55.1 Å². The second-order valence-corrected chi connectivity index (χ2v) is 6.62. The number of hydrogen-bond acceptors (Lipinski definition) is 5. The minimum atomic E-state index is 0.434. The molecule has 3 heterocycles. The summed E-state index contributed by atoms with van der Waals surface area (Å²) in [7, 11) is 0. The number of likely N-dealkylation sites (tertiary alicyclic amines) is 1. The van der Waals surface area contributed by atoms with Crippen molar-refractivity contribution in [2.75, 3.05) is 13.1 Å². The van der Waals surface area contributed by atoms with Crippen LogP contribution >= 0.6 is 0 Å². The summed E-state index contributed by atoms with van der Waals surface area (Å²) in [5.74, 6) is 1.16. The van der Waals surface area contributed by atoms with E-state index in [4.69, 9.17) is 4.52 Å². The molecule has 0 radical (unpaired) electrons. The van der Waals surface area contributed by atoms with E-state index in [2.05, 4.69) is 51.2 Å². The lowest BCUT2D eigenvalue weighted by molar-refractivity contribution is 0.263. The highest BCUT2D eigenvalue weighted by Gasteiger charge is 2.19. The second kappa shape index (κ2) is 6.76. The molecule has 1 aliphatic rings. The highest BCUT2D eigenvalue weighted by Crippen LogP contribution is 2.29. The summed E-state index contributed by atoms with van der Waals surface area (Å²) in [6, 6.07) is 13.0. The third-order valence-electron chi connectivity index (χ3n) is 4.89. The van der Waals surface area contributed by atoms with Gasteiger partial charge < -0.3 is 4.52 Å². The van der Waals surface area contributed by atoms with Gasteiger partial charge in [0, 0.05) is 23.4 Å². The highest BCUT2D eigenvalue weighted by atomic mass is 16.5. The van der Waals surface area contributed by atoms with E-state index >= 15 is 0 Å². The van der Waals surface area contributed by atoms with Crippen LogP contribution < -0.4 is 0 Å². The van der Waals surface area contributed by atoms with Gasteiger partial charge in [-0.05, 0) is 63.5 Å². The first kappa shape index (κ1) is 16.0. The Morgan fingerprint density at radius 1 is 1.08 bits per heavy atom. The number of aryl methyl sites for hydroxylation is 1. The minimum Gasteiger partial charge on any atom is -0.334 e. The van der Waals surface area contributed by atoms with Crippen LogP contribution in [-0.2, 0) is 0 Å². The third-order valence-corrected chi connectivity index (χ3v) is 4.89. The summed E-state index contributed by atoms with van der Waals surface area (Å²) in [4.78, 5) is 11.4. The maximum absolute atomic E-state index is 5.28. The van der Waals surface area contributed by atoms with Crippen LogP contribution in [0.1, 0.15) is 37.2 Å². The van der Waals surface area contributed by atoms with Crippen LogP contribution in [0.2, 0.25) is 0 Å². The standard InChI is InChI=1S/C20H22N4O/c1-14(24-10-3-4-11-24)16-6-5-7-17(12-16)19-13-18(8-9-21-19)20-22-15(2)23-25-20/h5-9,12-14H,3-4,10-11H2,1-2H3. The monoisotopic (exact) mass is 334 g/mol. The fourth-order valence-electron chi connectivity index (χ4n) is 3.43. The summed E-state index contributed by atoms with van der Waals surface area (Å²) < 4.78 is 5.28. The molecule has 1 fully saturated rings. The number of hydrogen-bond donors (Lipinski definition) is 0. The molecule has 1 aromatic carbocycles. The van der Waals surface area contributed by atoms with Gasteiger partial charge in [0.2, 0.25) is 0 Å². The molecule has 3 aromatic rings. The number of nitrogens with zero attached hydrogens (tertiary/aromatic N) is 4. The average molecular weight is 334 g/mol. The molecule has 4 rings (SSSR count). The van der Waals surface area contributed by atoms with E-state index in [1.807, 2.05) is 19.1 Å². The summed E-state index contributed by atoms with van der Waals surface area (Å²) in [6.07, 6.45) is 4.40. The Morgan fingerprint density at radius 3 is 2.68 bits per heavy atom. The number of rotatable bonds is 4. The first-order chi connectivity index (χ1) is 12.2. The lowest BCUT2D eigenvalue weighted by Crippen LogP contribution is -2.23. The molecular weight excluding hydrogens is 312 g/mol. The Labute approximate surface area is 147 Å². The van der Waals surface area contributed by atoms with Crippen LogP contribution in [-0.4, -0.2) is 33.1 Å². The molecule has 1 atom stereocenters. The molecule has 0 N–H and O–H groups in total. The second-order valence-electron chi connectivity index (χ2n) is 6.62. The summed E-state index contributed by atoms with van der Waals surface area (Å²) in [5, 5.41) is 3.86. The van der Waals surface area contributed by atoms with Crippen molar-refractivity contribution in [3.05, 3.63) is 54.0 Å². The van der Waals surface area contributed by atoms with E-state index in [9.17, 15) is 0 Å². The van der Waals surface area contributed by atoms with Crippen molar-refractivity contribution in [1.82, 2.24) is 20.0 Å². The Kier molecular flexibility index (Phi) is 4.32. The summed E-state index contributed by atoms with van der Waals surface area (Å²) in [5.41, 5.74) is 4.26. The maximum atomic E-state index is 5.28. The molecule has 0 saturated carbocycles. The number of benzene rings is 1. The van der Waals surface area contributed by atoms with Crippen molar-refractivity contribution in [1.29, 1.82) is 0 Å². The van der Waals surface area contributed by atoms with Crippen molar-refractivity contribution < 1.29 is 4.52 Å². The van der Waals surface area contributed by atoms with Crippen molar-refractivity contribution in [3.8, 4) is 22.7 Å². The molecular formula is C20H22N4O. The first-order valence-electron chi connectivity index (χ1n) is 8.82. The third kappa shape index (κ3) is 3.33. The van der Waals surface area contributed by atoms with Crippen molar-refractivity contribution in [2.45, 2.75) is 32.7 Å². The van der Waals surface area contributed by atoms with Gasteiger partial charge in [0.15, 0.2) is 5.82 Å². The summed E-state index contributed by atoms with van der Waals surface area (Å²) >= 11 is 0. The zero-order valence-electron chi connectivity index (χ0n) is 14.6. The Balaban J connectivity index is 1.64. The molecule has 2 aromatic heterocycles. The fraction of sp³-hybridized carbons (Fsp3) is 0.350. The largest absolute Gasteiger partial charge is 0.334 e. The van der Waals surface area contributed by atoms with Gasteiger partial charge in [0.05, 0.1) is 5.69 Å². The molecule has 5 nitrogen and oxygen atoms in total. The number of aromatic nitrogens is 3. The van der Waals surface area contributed by atoms with Crippen molar-refractivity contribution in [2.24, 2.45) is 0 Å². The molecule has 0 bridgehead atoms. The van der Waals surface area contributed by atoms with Crippen LogP contribution in [0.3, 0.4) is 0 Å². The Morgan fingerprint density at radius 2 is 1.92 bits per heavy atom. The Hall–Kier alpha value is -2.53. The zero-order valence-corrected chi connectivity index (χ0v) is 14.6. The smallest absolute Gasteiger partial charge is 0.258 e.